The van der Waals surface area contributed by atoms with Gasteiger partial charge in [0.1, 0.15) is 5.60 Å². The molecule has 1 atom stereocenters. The molecule has 1 amide bonds. The van der Waals surface area contributed by atoms with Crippen LogP contribution in [-0.2, 0) is 16.1 Å². The van der Waals surface area contributed by atoms with Crippen LogP contribution in [0.5, 0.6) is 0 Å². The Bertz CT molecular complexity index is 456. The fraction of sp³-hybridized carbons (Fsp3) is 0.625. The lowest BCUT2D eigenvalue weighted by Crippen LogP contribution is -2.45. The topological polar surface area (TPSA) is 51.7 Å². The number of likely N-dealkylation sites (tertiary alicyclic amines) is 1. The first-order valence-electron chi connectivity index (χ1n) is 7.42. The van der Waals surface area contributed by atoms with E-state index in [1.807, 2.05) is 32.9 Å². The van der Waals surface area contributed by atoms with Gasteiger partial charge in [0.15, 0.2) is 0 Å². The second kappa shape index (κ2) is 6.89. The zero-order valence-corrected chi connectivity index (χ0v) is 13.0. The van der Waals surface area contributed by atoms with Crippen LogP contribution in [0.4, 0.5) is 4.79 Å². The van der Waals surface area contributed by atoms with Gasteiger partial charge in [-0.2, -0.15) is 0 Å². The van der Waals surface area contributed by atoms with E-state index in [1.54, 1.807) is 17.3 Å². The molecule has 1 aliphatic rings. The highest BCUT2D eigenvalue weighted by Gasteiger charge is 2.27. The molecule has 21 heavy (non-hydrogen) atoms. The largest absolute Gasteiger partial charge is 0.444 e. The molecule has 116 valence electrons. The zero-order chi connectivity index (χ0) is 15.3. The Labute approximate surface area is 126 Å². The van der Waals surface area contributed by atoms with Crippen molar-refractivity contribution in [1.29, 1.82) is 0 Å². The molecule has 1 aromatic rings. The number of hydrogen-bond acceptors (Lipinski definition) is 4. The van der Waals surface area contributed by atoms with Crippen molar-refractivity contribution in [2.24, 2.45) is 0 Å². The van der Waals surface area contributed by atoms with Crippen molar-refractivity contribution in [2.75, 3.05) is 13.1 Å². The smallest absolute Gasteiger partial charge is 0.410 e. The van der Waals surface area contributed by atoms with Crippen LogP contribution < -0.4 is 0 Å². The lowest BCUT2D eigenvalue weighted by molar-refractivity contribution is -0.0259. The van der Waals surface area contributed by atoms with E-state index in [1.165, 1.54) is 0 Å². The number of rotatable bonds is 3. The Morgan fingerprint density at radius 2 is 2.29 bits per heavy atom. The minimum atomic E-state index is -0.458. The minimum absolute atomic E-state index is 0.0616. The van der Waals surface area contributed by atoms with Crippen molar-refractivity contribution in [1.82, 2.24) is 9.88 Å². The van der Waals surface area contributed by atoms with Crippen molar-refractivity contribution >= 4 is 6.09 Å². The molecule has 2 rings (SSSR count). The summed E-state index contributed by atoms with van der Waals surface area (Å²) in [6.07, 6.45) is 5.27. The summed E-state index contributed by atoms with van der Waals surface area (Å²) in [5, 5.41) is 0. The third kappa shape index (κ3) is 5.34. The van der Waals surface area contributed by atoms with Gasteiger partial charge in [-0.3, -0.25) is 4.98 Å². The maximum atomic E-state index is 12.1. The number of amides is 1. The summed E-state index contributed by atoms with van der Waals surface area (Å²) in [6, 6.07) is 3.88. The van der Waals surface area contributed by atoms with Crippen LogP contribution in [0.3, 0.4) is 0 Å². The van der Waals surface area contributed by atoms with Gasteiger partial charge in [0, 0.05) is 18.9 Å². The zero-order valence-electron chi connectivity index (χ0n) is 13.0. The quantitative estimate of drug-likeness (QED) is 0.859. The molecule has 0 saturated carbocycles. The van der Waals surface area contributed by atoms with E-state index in [9.17, 15) is 4.79 Å². The van der Waals surface area contributed by atoms with Gasteiger partial charge in [0.2, 0.25) is 0 Å². The van der Waals surface area contributed by atoms with Crippen LogP contribution >= 0.6 is 0 Å². The molecule has 0 radical (unpaired) electrons. The highest BCUT2D eigenvalue weighted by Crippen LogP contribution is 2.18. The molecule has 5 heteroatoms. The van der Waals surface area contributed by atoms with Crippen molar-refractivity contribution in [2.45, 2.75) is 51.9 Å². The number of aromatic nitrogens is 1. The molecule has 1 unspecified atom stereocenters. The van der Waals surface area contributed by atoms with Crippen molar-refractivity contribution in [3.8, 4) is 0 Å². The lowest BCUT2D eigenvalue weighted by atomic mass is 10.1. The standard InChI is InChI=1S/C16H24N2O3/c1-16(2,3)21-15(19)18-9-5-7-14(11-18)20-12-13-6-4-8-17-10-13/h4,6,8,10,14H,5,7,9,11-12H2,1-3H3. The maximum absolute atomic E-state index is 12.1. The summed E-state index contributed by atoms with van der Waals surface area (Å²) in [5.41, 5.74) is 0.590. The Morgan fingerprint density at radius 1 is 1.48 bits per heavy atom. The predicted molar refractivity (Wildman–Crippen MR) is 79.9 cm³/mol. The van der Waals surface area contributed by atoms with Crippen molar-refractivity contribution in [3.63, 3.8) is 0 Å². The number of pyridine rings is 1. The van der Waals surface area contributed by atoms with Gasteiger partial charge in [0.25, 0.3) is 0 Å². The third-order valence-electron chi connectivity index (χ3n) is 3.24. The number of hydrogen-bond donors (Lipinski definition) is 0. The third-order valence-corrected chi connectivity index (χ3v) is 3.24. The molecular formula is C16H24N2O3. The van der Waals surface area contributed by atoms with E-state index in [0.717, 1.165) is 24.9 Å². The molecule has 1 aromatic heterocycles. The molecule has 5 nitrogen and oxygen atoms in total. The molecule has 2 heterocycles. The van der Waals surface area contributed by atoms with Gasteiger partial charge in [-0.05, 0) is 45.2 Å². The van der Waals surface area contributed by atoms with Gasteiger partial charge in [-0.25, -0.2) is 4.79 Å². The number of carbonyl (C=O) groups excluding carboxylic acids is 1. The number of ether oxygens (including phenoxy) is 2. The van der Waals surface area contributed by atoms with Crippen LogP contribution in [0.1, 0.15) is 39.2 Å². The summed E-state index contributed by atoms with van der Waals surface area (Å²) in [5.74, 6) is 0. The van der Waals surface area contributed by atoms with Crippen LogP contribution in [0.2, 0.25) is 0 Å². The molecule has 0 aliphatic carbocycles. The Hall–Kier alpha value is -1.62. The number of carbonyl (C=O) groups is 1. The average molecular weight is 292 g/mol. The van der Waals surface area contributed by atoms with Gasteiger partial charge >= 0.3 is 6.09 Å². The molecule has 1 saturated heterocycles. The summed E-state index contributed by atoms with van der Waals surface area (Å²) >= 11 is 0. The molecule has 1 fully saturated rings. The average Bonchev–Trinajstić information content (AvgIpc) is 2.45. The minimum Gasteiger partial charge on any atom is -0.444 e. The Morgan fingerprint density at radius 3 is 2.95 bits per heavy atom. The highest BCUT2D eigenvalue weighted by atomic mass is 16.6. The highest BCUT2D eigenvalue weighted by molar-refractivity contribution is 5.68. The predicted octanol–water partition coefficient (Wildman–Crippen LogP) is 3.00. The molecule has 0 N–H and O–H groups in total. The summed E-state index contributed by atoms with van der Waals surface area (Å²) < 4.78 is 11.3. The van der Waals surface area contributed by atoms with Gasteiger partial charge in [0.05, 0.1) is 19.3 Å². The van der Waals surface area contributed by atoms with Gasteiger partial charge in [-0.15, -0.1) is 0 Å². The lowest BCUT2D eigenvalue weighted by Gasteiger charge is -2.34. The van der Waals surface area contributed by atoms with Crippen LogP contribution in [-0.4, -0.2) is 40.8 Å². The van der Waals surface area contributed by atoms with E-state index in [-0.39, 0.29) is 12.2 Å². The Kier molecular flexibility index (Phi) is 5.17. The fourth-order valence-corrected chi connectivity index (χ4v) is 2.26. The van der Waals surface area contributed by atoms with E-state index < -0.39 is 5.60 Å². The summed E-state index contributed by atoms with van der Waals surface area (Å²) in [4.78, 5) is 17.9. The number of piperidine rings is 1. The number of nitrogens with zero attached hydrogens (tertiary/aromatic N) is 2. The fourth-order valence-electron chi connectivity index (χ4n) is 2.26. The van der Waals surface area contributed by atoms with E-state index in [4.69, 9.17) is 9.47 Å². The second-order valence-corrected chi connectivity index (χ2v) is 6.36. The van der Waals surface area contributed by atoms with Crippen molar-refractivity contribution in [3.05, 3.63) is 30.1 Å². The SMILES string of the molecule is CC(C)(C)OC(=O)N1CCCC(OCc2cccnc2)C1. The molecule has 0 spiro atoms. The molecule has 0 bridgehead atoms. The first kappa shape index (κ1) is 15.8. The van der Waals surface area contributed by atoms with Crippen LogP contribution in [0.25, 0.3) is 0 Å². The summed E-state index contributed by atoms with van der Waals surface area (Å²) in [7, 11) is 0. The first-order valence-corrected chi connectivity index (χ1v) is 7.42. The van der Waals surface area contributed by atoms with E-state index >= 15 is 0 Å². The van der Waals surface area contributed by atoms with Gasteiger partial charge < -0.3 is 14.4 Å². The van der Waals surface area contributed by atoms with Crippen LogP contribution in [0.15, 0.2) is 24.5 Å². The Balaban J connectivity index is 1.82. The molecule has 0 aromatic carbocycles. The first-order chi connectivity index (χ1) is 9.94. The van der Waals surface area contributed by atoms with E-state index in [0.29, 0.717) is 13.2 Å². The molecular weight excluding hydrogens is 268 g/mol. The normalized spacial score (nSPS) is 19.4. The monoisotopic (exact) mass is 292 g/mol. The van der Waals surface area contributed by atoms with E-state index in [2.05, 4.69) is 4.98 Å². The molecule has 1 aliphatic heterocycles. The maximum Gasteiger partial charge on any atom is 0.410 e. The second-order valence-electron chi connectivity index (χ2n) is 6.36. The summed E-state index contributed by atoms with van der Waals surface area (Å²) in [6.45, 7) is 7.50. The van der Waals surface area contributed by atoms with Gasteiger partial charge in [-0.1, -0.05) is 6.07 Å². The van der Waals surface area contributed by atoms with Crippen molar-refractivity contribution < 1.29 is 14.3 Å². The van der Waals surface area contributed by atoms with Crippen LogP contribution in [0, 0.1) is 0 Å².